The summed E-state index contributed by atoms with van der Waals surface area (Å²) in [6, 6.07) is 18.9. The molecule has 0 spiro atoms. The number of hydrogen-bond acceptors (Lipinski definition) is 2. The highest BCUT2D eigenvalue weighted by molar-refractivity contribution is 7.98. The fraction of sp³-hybridized carbons (Fsp3) is 0.0625. The first kappa shape index (κ1) is 12.5. The summed E-state index contributed by atoms with van der Waals surface area (Å²) in [5, 5.41) is 1.20. The molecule has 3 heteroatoms. The minimum Gasteiger partial charge on any atom is -0.346 e. The Labute approximate surface area is 121 Å². The first-order valence-corrected chi connectivity index (χ1v) is 7.68. The normalized spacial score (nSPS) is 10.8. The summed E-state index contributed by atoms with van der Waals surface area (Å²) >= 11 is 7.07. The fourth-order valence-corrected chi connectivity index (χ4v) is 2.85. The molecule has 0 radical (unpaired) electrons. The molecule has 1 heterocycles. The Morgan fingerprint density at radius 3 is 2.47 bits per heavy atom. The van der Waals surface area contributed by atoms with Crippen LogP contribution in [0.25, 0.3) is 22.0 Å². The van der Waals surface area contributed by atoms with Gasteiger partial charge < -0.3 is 4.98 Å². The molecule has 0 bridgehead atoms. The SMILES string of the molecule is CSc1ccc(-c2cc(=S)[nH]c3ccccc23)cc1. The molecule has 0 aliphatic carbocycles. The Bertz CT molecular complexity index is 773. The Morgan fingerprint density at radius 2 is 1.74 bits per heavy atom. The topological polar surface area (TPSA) is 15.8 Å². The van der Waals surface area contributed by atoms with Crippen LogP contribution in [0.4, 0.5) is 0 Å². The van der Waals surface area contributed by atoms with Crippen LogP contribution in [0, 0.1) is 4.64 Å². The quantitative estimate of drug-likeness (QED) is 0.508. The number of pyridine rings is 1. The Balaban J connectivity index is 2.25. The zero-order chi connectivity index (χ0) is 13.2. The van der Waals surface area contributed by atoms with E-state index in [0.717, 1.165) is 10.2 Å². The van der Waals surface area contributed by atoms with E-state index in [-0.39, 0.29) is 0 Å². The van der Waals surface area contributed by atoms with Gasteiger partial charge in [0.25, 0.3) is 0 Å². The first-order chi connectivity index (χ1) is 9.28. The standard InChI is InChI=1S/C16H13NS2/c1-19-12-8-6-11(7-9-12)14-10-16(18)17-15-5-3-2-4-13(14)15/h2-10H,1H3,(H,17,18). The van der Waals surface area contributed by atoms with E-state index < -0.39 is 0 Å². The van der Waals surface area contributed by atoms with Gasteiger partial charge in [0.1, 0.15) is 4.64 Å². The van der Waals surface area contributed by atoms with Crippen molar-refractivity contribution >= 4 is 34.9 Å². The third kappa shape index (κ3) is 2.44. The number of para-hydroxylation sites is 1. The van der Waals surface area contributed by atoms with Crippen LogP contribution in [0.2, 0.25) is 0 Å². The highest BCUT2D eigenvalue weighted by atomic mass is 32.2. The van der Waals surface area contributed by atoms with Crippen molar-refractivity contribution in [2.45, 2.75) is 4.90 Å². The molecule has 0 atom stereocenters. The smallest absolute Gasteiger partial charge is 0.104 e. The molecule has 0 aliphatic rings. The van der Waals surface area contributed by atoms with Gasteiger partial charge >= 0.3 is 0 Å². The van der Waals surface area contributed by atoms with E-state index in [0.29, 0.717) is 0 Å². The third-order valence-corrected chi connectivity index (χ3v) is 4.12. The van der Waals surface area contributed by atoms with Crippen LogP contribution in [0.3, 0.4) is 0 Å². The van der Waals surface area contributed by atoms with Gasteiger partial charge in [-0.3, -0.25) is 0 Å². The van der Waals surface area contributed by atoms with Gasteiger partial charge in [-0.2, -0.15) is 0 Å². The van der Waals surface area contributed by atoms with Crippen molar-refractivity contribution in [3.8, 4) is 11.1 Å². The van der Waals surface area contributed by atoms with Crippen molar-refractivity contribution in [2.24, 2.45) is 0 Å². The van der Waals surface area contributed by atoms with Gasteiger partial charge in [-0.05, 0) is 41.6 Å². The molecule has 0 saturated carbocycles. The van der Waals surface area contributed by atoms with Crippen LogP contribution in [0.15, 0.2) is 59.5 Å². The summed E-state index contributed by atoms with van der Waals surface area (Å²) < 4.78 is 0.766. The molecule has 19 heavy (non-hydrogen) atoms. The van der Waals surface area contributed by atoms with Crippen molar-refractivity contribution in [3.63, 3.8) is 0 Å². The van der Waals surface area contributed by atoms with Crippen LogP contribution >= 0.6 is 24.0 Å². The monoisotopic (exact) mass is 283 g/mol. The molecule has 3 rings (SSSR count). The van der Waals surface area contributed by atoms with Gasteiger partial charge in [-0.15, -0.1) is 11.8 Å². The number of thioether (sulfide) groups is 1. The van der Waals surface area contributed by atoms with Crippen LogP contribution in [0.1, 0.15) is 0 Å². The maximum Gasteiger partial charge on any atom is 0.104 e. The van der Waals surface area contributed by atoms with Crippen molar-refractivity contribution in [2.75, 3.05) is 6.26 Å². The average molecular weight is 283 g/mol. The average Bonchev–Trinajstić information content (AvgIpc) is 2.46. The summed E-state index contributed by atoms with van der Waals surface area (Å²) in [6.07, 6.45) is 2.09. The molecule has 1 nitrogen and oxygen atoms in total. The van der Waals surface area contributed by atoms with Crippen LogP contribution in [-0.4, -0.2) is 11.2 Å². The van der Waals surface area contributed by atoms with Crippen molar-refractivity contribution in [1.82, 2.24) is 4.98 Å². The van der Waals surface area contributed by atoms with E-state index in [1.807, 2.05) is 12.1 Å². The maximum absolute atomic E-state index is 5.32. The second-order valence-electron chi connectivity index (χ2n) is 4.32. The Hall–Kier alpha value is -1.58. The molecule has 0 aliphatic heterocycles. The minimum atomic E-state index is 0.766. The first-order valence-electron chi connectivity index (χ1n) is 6.04. The van der Waals surface area contributed by atoms with Gasteiger partial charge in [-0.1, -0.05) is 42.5 Å². The predicted molar refractivity (Wildman–Crippen MR) is 86.3 cm³/mol. The van der Waals surface area contributed by atoms with Gasteiger partial charge in [-0.25, -0.2) is 0 Å². The van der Waals surface area contributed by atoms with Gasteiger partial charge in [0.15, 0.2) is 0 Å². The summed E-state index contributed by atoms with van der Waals surface area (Å²) in [7, 11) is 0. The minimum absolute atomic E-state index is 0.766. The van der Waals surface area contributed by atoms with E-state index >= 15 is 0 Å². The van der Waals surface area contributed by atoms with Gasteiger partial charge in [0, 0.05) is 15.8 Å². The Morgan fingerprint density at radius 1 is 1.00 bits per heavy atom. The Kier molecular flexibility index (Phi) is 3.40. The number of nitrogens with one attached hydrogen (secondary N) is 1. The lowest BCUT2D eigenvalue weighted by Crippen LogP contribution is -1.85. The number of H-pyrrole nitrogens is 1. The number of aromatic amines is 1. The van der Waals surface area contributed by atoms with Crippen LogP contribution in [0.5, 0.6) is 0 Å². The molecule has 1 aromatic heterocycles. The zero-order valence-electron chi connectivity index (χ0n) is 10.5. The van der Waals surface area contributed by atoms with Crippen LogP contribution < -0.4 is 0 Å². The molecular formula is C16H13NS2. The van der Waals surface area contributed by atoms with Gasteiger partial charge in [0.05, 0.1) is 0 Å². The molecule has 0 fully saturated rings. The second-order valence-corrected chi connectivity index (χ2v) is 5.64. The molecule has 0 amide bonds. The lowest BCUT2D eigenvalue weighted by molar-refractivity contribution is 1.37. The highest BCUT2D eigenvalue weighted by Crippen LogP contribution is 2.29. The third-order valence-electron chi connectivity index (χ3n) is 3.15. The second kappa shape index (κ2) is 5.19. The van der Waals surface area contributed by atoms with Gasteiger partial charge in [0.2, 0.25) is 0 Å². The van der Waals surface area contributed by atoms with E-state index in [1.54, 1.807) is 11.8 Å². The van der Waals surface area contributed by atoms with E-state index in [4.69, 9.17) is 12.2 Å². The zero-order valence-corrected chi connectivity index (χ0v) is 12.1. The number of hydrogen-bond donors (Lipinski definition) is 1. The predicted octanol–water partition coefficient (Wildman–Crippen LogP) is 5.29. The molecule has 0 unspecified atom stereocenters. The summed E-state index contributed by atoms with van der Waals surface area (Å²) in [5.41, 5.74) is 3.47. The summed E-state index contributed by atoms with van der Waals surface area (Å²) in [5.74, 6) is 0. The number of benzene rings is 2. The van der Waals surface area contributed by atoms with Crippen molar-refractivity contribution < 1.29 is 0 Å². The molecule has 2 aromatic carbocycles. The van der Waals surface area contributed by atoms with Crippen LogP contribution in [-0.2, 0) is 0 Å². The van der Waals surface area contributed by atoms with E-state index in [2.05, 4.69) is 53.7 Å². The largest absolute Gasteiger partial charge is 0.346 e. The van der Waals surface area contributed by atoms with E-state index in [9.17, 15) is 0 Å². The summed E-state index contributed by atoms with van der Waals surface area (Å²) in [4.78, 5) is 4.51. The molecule has 1 N–H and O–H groups in total. The lowest BCUT2D eigenvalue weighted by Gasteiger charge is -2.07. The number of aromatic nitrogens is 1. The van der Waals surface area contributed by atoms with Crippen molar-refractivity contribution in [3.05, 3.63) is 59.2 Å². The molecule has 0 saturated heterocycles. The maximum atomic E-state index is 5.32. The highest BCUT2D eigenvalue weighted by Gasteiger charge is 2.04. The summed E-state index contributed by atoms with van der Waals surface area (Å²) in [6.45, 7) is 0. The molecule has 3 aromatic rings. The van der Waals surface area contributed by atoms with E-state index in [1.165, 1.54) is 21.4 Å². The number of rotatable bonds is 2. The number of fused-ring (bicyclic) bond motifs is 1. The molecule has 94 valence electrons. The molecular weight excluding hydrogens is 270 g/mol. The lowest BCUT2D eigenvalue weighted by atomic mass is 10.0. The van der Waals surface area contributed by atoms with Crippen molar-refractivity contribution in [1.29, 1.82) is 0 Å². The fourth-order valence-electron chi connectivity index (χ4n) is 2.21.